The molecule has 0 radical (unpaired) electrons. The molecule has 11 heteroatoms. The number of aromatic nitrogens is 5. The Balaban J connectivity index is 1.27. The van der Waals surface area contributed by atoms with Gasteiger partial charge in [0.05, 0.1) is 5.56 Å². The van der Waals surface area contributed by atoms with Crippen molar-refractivity contribution in [3.63, 3.8) is 0 Å². The molecule has 1 amide bonds. The molecule has 0 aliphatic carbocycles. The largest absolute Gasteiger partial charge is 0.486 e. The fourth-order valence-electron chi connectivity index (χ4n) is 4.00. The first-order chi connectivity index (χ1) is 17.5. The van der Waals surface area contributed by atoms with Crippen LogP contribution < -0.4 is 20.5 Å². The summed E-state index contributed by atoms with van der Waals surface area (Å²) in [6, 6.07) is 16.3. The highest BCUT2D eigenvalue weighted by Gasteiger charge is 2.19. The Kier molecular flexibility index (Phi) is 5.21. The number of rotatable bonds is 5. The van der Waals surface area contributed by atoms with Gasteiger partial charge in [-0.25, -0.2) is 13.9 Å². The number of anilines is 1. The Morgan fingerprint density at radius 3 is 2.78 bits per heavy atom. The molecule has 1 aliphatic heterocycles. The average Bonchev–Trinajstić information content (AvgIpc) is 3.49. The van der Waals surface area contributed by atoms with E-state index in [2.05, 4.69) is 20.6 Å². The SMILES string of the molecule is Cc1cccc(-c2noc(-c3cccn4c(=O)n(CC(=O)Nc5ccc6c(c5)OCCO6)nc34)n2)c1. The van der Waals surface area contributed by atoms with E-state index < -0.39 is 11.6 Å². The number of nitrogens with zero attached hydrogens (tertiary/aromatic N) is 5. The summed E-state index contributed by atoms with van der Waals surface area (Å²) in [6.45, 7) is 2.62. The summed E-state index contributed by atoms with van der Waals surface area (Å²) in [5, 5.41) is 11.2. The number of fused-ring (bicyclic) bond motifs is 2. The molecular weight excluding hydrogens is 464 g/mol. The Bertz CT molecular complexity index is 1670. The van der Waals surface area contributed by atoms with Crippen LogP contribution in [0.1, 0.15) is 5.56 Å². The van der Waals surface area contributed by atoms with Crippen LogP contribution in [0.25, 0.3) is 28.5 Å². The van der Waals surface area contributed by atoms with Gasteiger partial charge in [0.2, 0.25) is 11.7 Å². The molecule has 0 saturated heterocycles. The fourth-order valence-corrected chi connectivity index (χ4v) is 4.00. The van der Waals surface area contributed by atoms with Crippen molar-refractivity contribution in [1.29, 1.82) is 0 Å². The summed E-state index contributed by atoms with van der Waals surface area (Å²) >= 11 is 0. The summed E-state index contributed by atoms with van der Waals surface area (Å²) in [6.07, 6.45) is 1.57. The van der Waals surface area contributed by atoms with Crippen LogP contribution in [-0.2, 0) is 11.3 Å². The summed E-state index contributed by atoms with van der Waals surface area (Å²) in [5.41, 5.74) is 2.72. The summed E-state index contributed by atoms with van der Waals surface area (Å²) < 4.78 is 18.9. The summed E-state index contributed by atoms with van der Waals surface area (Å²) in [5.74, 6) is 1.40. The van der Waals surface area contributed by atoms with Gasteiger partial charge in [-0.3, -0.25) is 4.79 Å². The third-order valence-corrected chi connectivity index (χ3v) is 5.66. The number of carbonyl (C=O) groups excluding carboxylic acids is 1. The van der Waals surface area contributed by atoms with Crippen LogP contribution in [0.3, 0.4) is 0 Å². The lowest BCUT2D eigenvalue weighted by atomic mass is 10.1. The number of hydrogen-bond acceptors (Lipinski definition) is 8. The van der Waals surface area contributed by atoms with Crippen molar-refractivity contribution in [2.45, 2.75) is 13.5 Å². The van der Waals surface area contributed by atoms with Crippen molar-refractivity contribution in [2.75, 3.05) is 18.5 Å². The topological polar surface area (TPSA) is 126 Å². The predicted octanol–water partition coefficient (Wildman–Crippen LogP) is 2.93. The number of hydrogen-bond donors (Lipinski definition) is 1. The van der Waals surface area contributed by atoms with Crippen LogP contribution in [0, 0.1) is 6.92 Å². The maximum absolute atomic E-state index is 12.9. The number of nitrogens with one attached hydrogen (secondary N) is 1. The first kappa shape index (κ1) is 21.6. The van der Waals surface area contributed by atoms with Crippen LogP contribution in [0.4, 0.5) is 5.69 Å². The van der Waals surface area contributed by atoms with E-state index in [0.29, 0.717) is 47.4 Å². The van der Waals surface area contributed by atoms with Crippen LogP contribution in [-0.4, -0.2) is 43.4 Å². The lowest BCUT2D eigenvalue weighted by molar-refractivity contribution is -0.117. The van der Waals surface area contributed by atoms with E-state index >= 15 is 0 Å². The number of benzene rings is 2. The molecule has 3 aromatic heterocycles. The molecule has 180 valence electrons. The molecule has 0 unspecified atom stereocenters. The lowest BCUT2D eigenvalue weighted by Crippen LogP contribution is -2.28. The Morgan fingerprint density at radius 2 is 1.92 bits per heavy atom. The maximum atomic E-state index is 12.9. The van der Waals surface area contributed by atoms with Crippen molar-refractivity contribution in [3.8, 4) is 34.3 Å². The van der Waals surface area contributed by atoms with E-state index in [1.54, 1.807) is 36.5 Å². The molecule has 4 heterocycles. The van der Waals surface area contributed by atoms with Crippen molar-refractivity contribution in [2.24, 2.45) is 0 Å². The van der Waals surface area contributed by atoms with Crippen molar-refractivity contribution < 1.29 is 18.8 Å². The van der Waals surface area contributed by atoms with E-state index in [4.69, 9.17) is 14.0 Å². The third kappa shape index (κ3) is 3.96. The molecule has 0 saturated carbocycles. The van der Waals surface area contributed by atoms with Crippen molar-refractivity contribution >= 4 is 17.2 Å². The number of carbonyl (C=O) groups is 1. The molecular formula is C25H20N6O5. The second-order valence-electron chi connectivity index (χ2n) is 8.25. The van der Waals surface area contributed by atoms with Gasteiger partial charge < -0.3 is 19.3 Å². The van der Waals surface area contributed by atoms with Gasteiger partial charge in [0.1, 0.15) is 19.8 Å². The second kappa shape index (κ2) is 8.69. The van der Waals surface area contributed by atoms with Gasteiger partial charge in [0, 0.05) is 23.5 Å². The molecule has 36 heavy (non-hydrogen) atoms. The monoisotopic (exact) mass is 484 g/mol. The van der Waals surface area contributed by atoms with Gasteiger partial charge in [-0.1, -0.05) is 28.9 Å². The van der Waals surface area contributed by atoms with E-state index in [1.807, 2.05) is 31.2 Å². The summed E-state index contributed by atoms with van der Waals surface area (Å²) in [7, 11) is 0. The van der Waals surface area contributed by atoms with Gasteiger partial charge in [-0.2, -0.15) is 4.98 Å². The minimum Gasteiger partial charge on any atom is -0.486 e. The average molecular weight is 484 g/mol. The van der Waals surface area contributed by atoms with Crippen LogP contribution in [0.2, 0.25) is 0 Å². The fraction of sp³-hybridized carbons (Fsp3) is 0.160. The zero-order valence-electron chi connectivity index (χ0n) is 19.2. The molecule has 1 aliphatic rings. The lowest BCUT2D eigenvalue weighted by Gasteiger charge is -2.18. The molecule has 0 spiro atoms. The first-order valence-corrected chi connectivity index (χ1v) is 11.2. The van der Waals surface area contributed by atoms with Gasteiger partial charge in [-0.15, -0.1) is 5.10 Å². The minimum absolute atomic E-state index is 0.218. The number of amides is 1. The molecule has 0 bridgehead atoms. The zero-order chi connectivity index (χ0) is 24.6. The van der Waals surface area contributed by atoms with Gasteiger partial charge in [0.15, 0.2) is 17.1 Å². The number of pyridine rings is 1. The maximum Gasteiger partial charge on any atom is 0.350 e. The Morgan fingerprint density at radius 1 is 1.06 bits per heavy atom. The molecule has 5 aromatic rings. The number of aryl methyl sites for hydroxylation is 1. The second-order valence-corrected chi connectivity index (χ2v) is 8.25. The Hall–Kier alpha value is -4.93. The van der Waals surface area contributed by atoms with Crippen molar-refractivity contribution in [1.82, 2.24) is 24.3 Å². The van der Waals surface area contributed by atoms with Crippen molar-refractivity contribution in [3.05, 3.63) is 76.8 Å². The highest BCUT2D eigenvalue weighted by atomic mass is 16.6. The summed E-state index contributed by atoms with van der Waals surface area (Å²) in [4.78, 5) is 30.1. The normalized spacial score (nSPS) is 12.6. The molecule has 6 rings (SSSR count). The van der Waals surface area contributed by atoms with Crippen LogP contribution in [0.15, 0.2) is 70.1 Å². The van der Waals surface area contributed by atoms with Gasteiger partial charge in [-0.05, 0) is 37.3 Å². The molecule has 1 N–H and O–H groups in total. The Labute approximate surface area is 203 Å². The van der Waals surface area contributed by atoms with E-state index in [1.165, 1.54) is 4.40 Å². The molecule has 0 atom stereocenters. The van der Waals surface area contributed by atoms with Crippen LogP contribution in [0.5, 0.6) is 11.5 Å². The molecule has 0 fully saturated rings. The first-order valence-electron chi connectivity index (χ1n) is 11.2. The number of ether oxygens (including phenoxy) is 2. The molecule has 11 nitrogen and oxygen atoms in total. The predicted molar refractivity (Wildman–Crippen MR) is 129 cm³/mol. The van der Waals surface area contributed by atoms with Gasteiger partial charge >= 0.3 is 5.69 Å². The van der Waals surface area contributed by atoms with Crippen LogP contribution >= 0.6 is 0 Å². The standard InChI is InChI=1S/C25H20N6O5/c1-15-4-2-5-16(12-15)22-27-24(36-29-22)18-6-3-9-30-23(18)28-31(25(30)33)14-21(32)26-17-7-8-19-20(13-17)35-11-10-34-19/h2-9,12-13H,10-11,14H2,1H3,(H,26,32). The van der Waals surface area contributed by atoms with E-state index in [0.717, 1.165) is 15.8 Å². The van der Waals surface area contributed by atoms with E-state index in [9.17, 15) is 9.59 Å². The highest BCUT2D eigenvalue weighted by molar-refractivity contribution is 5.91. The van der Waals surface area contributed by atoms with Gasteiger partial charge in [0.25, 0.3) is 5.89 Å². The molecule has 2 aromatic carbocycles. The quantitative estimate of drug-likeness (QED) is 0.404. The zero-order valence-corrected chi connectivity index (χ0v) is 19.2. The highest BCUT2D eigenvalue weighted by Crippen LogP contribution is 2.32. The minimum atomic E-state index is -0.470. The third-order valence-electron chi connectivity index (χ3n) is 5.66. The smallest absolute Gasteiger partial charge is 0.350 e. The van der Waals surface area contributed by atoms with E-state index in [-0.39, 0.29) is 12.4 Å².